The number of hydrogen-bond acceptors (Lipinski definition) is 5. The minimum Gasteiger partial charge on any atom is -0.452 e. The molecule has 0 spiro atoms. The highest BCUT2D eigenvalue weighted by atomic mass is 16.5. The monoisotopic (exact) mass is 502 g/mol. The lowest BCUT2D eigenvalue weighted by atomic mass is 10.0. The predicted molar refractivity (Wildman–Crippen MR) is 153 cm³/mol. The zero-order valence-corrected chi connectivity index (χ0v) is 20.5. The maximum atomic E-state index is 6.32. The first-order chi connectivity index (χ1) is 19.3. The summed E-state index contributed by atoms with van der Waals surface area (Å²) in [5.74, 6) is 1.79. The molecule has 0 fully saturated rings. The molecule has 0 saturated heterocycles. The number of hydrogen-bond donors (Lipinski definition) is 1. The Labute approximate surface area is 221 Å². The van der Waals surface area contributed by atoms with Crippen LogP contribution in [0.5, 0.6) is 11.6 Å². The third-order valence-corrected chi connectivity index (χ3v) is 7.46. The first kappa shape index (κ1) is 20.6. The van der Waals surface area contributed by atoms with Crippen molar-refractivity contribution >= 4 is 43.9 Å². The Morgan fingerprint density at radius 1 is 0.615 bits per heavy atom. The van der Waals surface area contributed by atoms with Crippen LogP contribution in [0.15, 0.2) is 108 Å². The average molecular weight is 503 g/mol. The molecule has 1 N–H and O–H groups in total. The summed E-state index contributed by atoms with van der Waals surface area (Å²) < 4.78 is 12.6. The Kier molecular flexibility index (Phi) is 3.96. The van der Waals surface area contributed by atoms with E-state index in [2.05, 4.69) is 47.4 Å². The van der Waals surface area contributed by atoms with E-state index in [9.17, 15) is 0 Å². The second-order valence-electron chi connectivity index (χ2n) is 9.74. The third kappa shape index (κ3) is 2.94. The smallest absolute Gasteiger partial charge is 0.219 e. The fourth-order valence-electron chi connectivity index (χ4n) is 5.71. The molecule has 6 heteroatoms. The molecule has 4 aromatic heterocycles. The quantitative estimate of drug-likeness (QED) is 0.225. The van der Waals surface area contributed by atoms with E-state index < -0.39 is 0 Å². The number of aromatic amines is 1. The number of fused-ring (bicyclic) bond motifs is 14. The van der Waals surface area contributed by atoms with Gasteiger partial charge in [-0.2, -0.15) is 0 Å². The molecular formula is C33H18N4O2. The molecule has 1 aliphatic rings. The number of para-hydroxylation sites is 3. The van der Waals surface area contributed by atoms with Crippen LogP contribution in [-0.4, -0.2) is 19.9 Å². The average Bonchev–Trinajstić information content (AvgIpc) is 3.55. The largest absolute Gasteiger partial charge is 0.452 e. The molecule has 0 amide bonds. The lowest BCUT2D eigenvalue weighted by molar-refractivity contribution is 0.464. The van der Waals surface area contributed by atoms with E-state index in [1.807, 2.05) is 60.7 Å². The fraction of sp³-hybridized carbons (Fsp3) is 0. The Morgan fingerprint density at radius 2 is 1.38 bits per heavy atom. The molecule has 8 bridgehead atoms. The zero-order valence-electron chi connectivity index (χ0n) is 20.5. The van der Waals surface area contributed by atoms with Crippen molar-refractivity contribution in [3.05, 3.63) is 103 Å². The number of pyridine rings is 1. The van der Waals surface area contributed by atoms with Crippen molar-refractivity contribution < 1.29 is 9.15 Å². The summed E-state index contributed by atoms with van der Waals surface area (Å²) in [4.78, 5) is 18.7. The van der Waals surface area contributed by atoms with E-state index in [0.29, 0.717) is 34.4 Å². The van der Waals surface area contributed by atoms with E-state index in [4.69, 9.17) is 24.1 Å². The lowest BCUT2D eigenvalue weighted by Gasteiger charge is -2.10. The molecule has 4 aromatic carbocycles. The summed E-state index contributed by atoms with van der Waals surface area (Å²) in [5.41, 5.74) is 8.48. The van der Waals surface area contributed by atoms with Crippen molar-refractivity contribution in [2.45, 2.75) is 0 Å². The number of benzene rings is 4. The molecular weight excluding hydrogens is 484 g/mol. The number of nitrogens with zero attached hydrogens (tertiary/aromatic N) is 3. The molecule has 0 atom stereocenters. The summed E-state index contributed by atoms with van der Waals surface area (Å²) >= 11 is 0. The first-order valence-electron chi connectivity index (χ1n) is 12.8. The van der Waals surface area contributed by atoms with Crippen LogP contribution in [0.25, 0.3) is 77.8 Å². The highest BCUT2D eigenvalue weighted by Crippen LogP contribution is 2.40. The van der Waals surface area contributed by atoms with Gasteiger partial charge in [-0.15, -0.1) is 0 Å². The SMILES string of the molecule is c1cc2cc(c1)-c1cccc3c1[nH]c1c(cccc13)-c1nc(c3oc4ccccc4c3n1)-c1cccc(n1)O2. The van der Waals surface area contributed by atoms with E-state index in [0.717, 1.165) is 55.0 Å². The van der Waals surface area contributed by atoms with Crippen molar-refractivity contribution in [2.75, 3.05) is 0 Å². The molecule has 0 saturated carbocycles. The number of aromatic nitrogens is 4. The van der Waals surface area contributed by atoms with Gasteiger partial charge in [-0.25, -0.2) is 15.0 Å². The van der Waals surface area contributed by atoms with Crippen molar-refractivity contribution in [2.24, 2.45) is 0 Å². The molecule has 182 valence electrons. The summed E-state index contributed by atoms with van der Waals surface area (Å²) in [6.07, 6.45) is 0. The van der Waals surface area contributed by atoms with E-state index in [1.165, 1.54) is 0 Å². The highest BCUT2D eigenvalue weighted by molar-refractivity contribution is 6.15. The number of nitrogens with one attached hydrogen (secondary N) is 1. The highest BCUT2D eigenvalue weighted by Gasteiger charge is 2.22. The van der Waals surface area contributed by atoms with Crippen LogP contribution >= 0.6 is 0 Å². The summed E-state index contributed by atoms with van der Waals surface area (Å²) in [6.45, 7) is 0. The molecule has 0 radical (unpaired) electrons. The van der Waals surface area contributed by atoms with Crippen LogP contribution in [0.1, 0.15) is 0 Å². The van der Waals surface area contributed by atoms with E-state index >= 15 is 0 Å². The van der Waals surface area contributed by atoms with Crippen LogP contribution in [0, 0.1) is 0 Å². The van der Waals surface area contributed by atoms with Gasteiger partial charge >= 0.3 is 0 Å². The Balaban J connectivity index is 1.48. The summed E-state index contributed by atoms with van der Waals surface area (Å²) in [5, 5.41) is 3.20. The van der Waals surface area contributed by atoms with Crippen LogP contribution in [0.3, 0.4) is 0 Å². The van der Waals surface area contributed by atoms with Gasteiger partial charge in [0, 0.05) is 33.4 Å². The van der Waals surface area contributed by atoms with E-state index in [1.54, 1.807) is 0 Å². The van der Waals surface area contributed by atoms with Gasteiger partial charge in [-0.3, -0.25) is 0 Å². The molecule has 1 aliphatic heterocycles. The van der Waals surface area contributed by atoms with Crippen LogP contribution < -0.4 is 4.74 Å². The Morgan fingerprint density at radius 3 is 2.31 bits per heavy atom. The Bertz CT molecular complexity index is 2280. The maximum Gasteiger partial charge on any atom is 0.219 e. The van der Waals surface area contributed by atoms with Crippen LogP contribution in [0.4, 0.5) is 0 Å². The van der Waals surface area contributed by atoms with Crippen LogP contribution in [-0.2, 0) is 0 Å². The standard InChI is InChI=1S/C33H18N4O2/c1-2-15-26-23(9-1)30-32(39-26)31-25-14-6-16-27(34-25)38-19-8-3-7-18(17-19)20-10-4-11-21-22-12-5-13-24(33(36-30)37-31)29(22)35-28(20)21/h1-17,35H. The van der Waals surface area contributed by atoms with Gasteiger partial charge < -0.3 is 14.1 Å². The fourth-order valence-corrected chi connectivity index (χ4v) is 5.71. The van der Waals surface area contributed by atoms with Gasteiger partial charge in [0.2, 0.25) is 5.88 Å². The minimum atomic E-state index is 0.478. The van der Waals surface area contributed by atoms with Gasteiger partial charge in [-0.05, 0) is 42.0 Å². The van der Waals surface area contributed by atoms with Gasteiger partial charge in [0.05, 0.1) is 16.7 Å². The molecule has 6 nitrogen and oxygen atoms in total. The second-order valence-corrected chi connectivity index (χ2v) is 9.74. The van der Waals surface area contributed by atoms with Gasteiger partial charge in [0.25, 0.3) is 0 Å². The maximum absolute atomic E-state index is 6.32. The number of ether oxygens (including phenoxy) is 1. The minimum absolute atomic E-state index is 0.478. The summed E-state index contributed by atoms with van der Waals surface area (Å²) in [6, 6.07) is 34.4. The van der Waals surface area contributed by atoms with E-state index in [-0.39, 0.29) is 0 Å². The predicted octanol–water partition coefficient (Wildman–Crippen LogP) is 8.51. The van der Waals surface area contributed by atoms with Crippen molar-refractivity contribution in [3.63, 3.8) is 0 Å². The molecule has 5 heterocycles. The molecule has 39 heavy (non-hydrogen) atoms. The molecule has 0 aliphatic carbocycles. The Hall–Kier alpha value is -5.49. The topological polar surface area (TPSA) is 76.8 Å². The molecule has 8 aromatic rings. The number of H-pyrrole nitrogens is 1. The number of rotatable bonds is 0. The summed E-state index contributed by atoms with van der Waals surface area (Å²) in [7, 11) is 0. The van der Waals surface area contributed by atoms with Gasteiger partial charge in [0.1, 0.15) is 22.5 Å². The third-order valence-electron chi connectivity index (χ3n) is 7.46. The van der Waals surface area contributed by atoms with Crippen LogP contribution in [0.2, 0.25) is 0 Å². The molecule has 0 unspecified atom stereocenters. The zero-order chi connectivity index (χ0) is 25.5. The van der Waals surface area contributed by atoms with Crippen molar-refractivity contribution in [1.29, 1.82) is 0 Å². The van der Waals surface area contributed by atoms with Gasteiger partial charge in [-0.1, -0.05) is 60.7 Å². The lowest BCUT2D eigenvalue weighted by Crippen LogP contribution is -1.97. The van der Waals surface area contributed by atoms with Crippen molar-refractivity contribution in [1.82, 2.24) is 19.9 Å². The molecule has 9 rings (SSSR count). The van der Waals surface area contributed by atoms with Crippen molar-refractivity contribution in [3.8, 4) is 45.5 Å². The first-order valence-corrected chi connectivity index (χ1v) is 12.8. The van der Waals surface area contributed by atoms with Gasteiger partial charge in [0.15, 0.2) is 11.4 Å². The normalized spacial score (nSPS) is 12.3. The second kappa shape index (κ2) is 7.52. The number of furan rings is 1.